The first-order chi connectivity index (χ1) is 11.0. The summed E-state index contributed by atoms with van der Waals surface area (Å²) in [6.07, 6.45) is 3.49. The standard InChI is InChI=1S/C16H18FN3O3/c17-12-5-3-11(4-6-12)16(7-1-2-8-16)19-14(22)10-20-9-13(21)18-15(20)23/h3-6H,1-2,7-10H2,(H,19,22)(H,18,21,23). The molecule has 0 spiro atoms. The number of nitrogens with zero attached hydrogens (tertiary/aromatic N) is 1. The summed E-state index contributed by atoms with van der Waals surface area (Å²) >= 11 is 0. The van der Waals surface area contributed by atoms with Crippen LogP contribution in [0.5, 0.6) is 0 Å². The highest BCUT2D eigenvalue weighted by Crippen LogP contribution is 2.38. The first kappa shape index (κ1) is 15.5. The molecule has 1 aliphatic heterocycles. The molecule has 0 unspecified atom stereocenters. The van der Waals surface area contributed by atoms with E-state index in [1.54, 1.807) is 12.1 Å². The number of hydrogen-bond donors (Lipinski definition) is 2. The number of nitrogens with one attached hydrogen (secondary N) is 2. The van der Waals surface area contributed by atoms with E-state index in [2.05, 4.69) is 10.6 Å². The third-order valence-corrected chi connectivity index (χ3v) is 4.44. The summed E-state index contributed by atoms with van der Waals surface area (Å²) in [4.78, 5) is 36.2. The summed E-state index contributed by atoms with van der Waals surface area (Å²) in [5.41, 5.74) is 0.344. The van der Waals surface area contributed by atoms with Gasteiger partial charge in [-0.25, -0.2) is 9.18 Å². The van der Waals surface area contributed by atoms with E-state index < -0.39 is 17.5 Å². The first-order valence-corrected chi connectivity index (χ1v) is 7.64. The zero-order valence-electron chi connectivity index (χ0n) is 12.6. The number of rotatable bonds is 4. The van der Waals surface area contributed by atoms with E-state index >= 15 is 0 Å². The van der Waals surface area contributed by atoms with E-state index in [1.807, 2.05) is 0 Å². The van der Waals surface area contributed by atoms with Crippen molar-refractivity contribution in [2.45, 2.75) is 31.2 Å². The fourth-order valence-electron chi connectivity index (χ4n) is 3.32. The van der Waals surface area contributed by atoms with Crippen molar-refractivity contribution in [1.29, 1.82) is 0 Å². The topological polar surface area (TPSA) is 78.5 Å². The van der Waals surface area contributed by atoms with Crippen LogP contribution in [0.3, 0.4) is 0 Å². The number of hydrogen-bond acceptors (Lipinski definition) is 3. The molecule has 2 aliphatic rings. The molecule has 0 bridgehead atoms. The van der Waals surface area contributed by atoms with Gasteiger partial charge < -0.3 is 10.2 Å². The number of carbonyl (C=O) groups is 3. The molecule has 1 aromatic carbocycles. The van der Waals surface area contributed by atoms with Gasteiger partial charge in [-0.15, -0.1) is 0 Å². The second-order valence-corrected chi connectivity index (χ2v) is 6.05. The van der Waals surface area contributed by atoms with Crippen molar-refractivity contribution >= 4 is 17.8 Å². The smallest absolute Gasteiger partial charge is 0.325 e. The van der Waals surface area contributed by atoms with Crippen LogP contribution in [0, 0.1) is 5.82 Å². The second-order valence-electron chi connectivity index (χ2n) is 6.05. The maximum Gasteiger partial charge on any atom is 0.325 e. The molecule has 7 heteroatoms. The number of imide groups is 1. The van der Waals surface area contributed by atoms with Crippen LogP contribution in [0.25, 0.3) is 0 Å². The molecule has 23 heavy (non-hydrogen) atoms. The number of halogens is 1. The van der Waals surface area contributed by atoms with E-state index in [4.69, 9.17) is 0 Å². The van der Waals surface area contributed by atoms with E-state index in [0.29, 0.717) is 0 Å². The monoisotopic (exact) mass is 319 g/mol. The van der Waals surface area contributed by atoms with Gasteiger partial charge in [0, 0.05) is 0 Å². The maximum absolute atomic E-state index is 13.1. The molecule has 2 N–H and O–H groups in total. The van der Waals surface area contributed by atoms with Crippen molar-refractivity contribution in [3.8, 4) is 0 Å². The van der Waals surface area contributed by atoms with Crippen molar-refractivity contribution in [2.24, 2.45) is 0 Å². The molecule has 0 aromatic heterocycles. The molecule has 122 valence electrons. The van der Waals surface area contributed by atoms with Crippen molar-refractivity contribution in [3.05, 3.63) is 35.6 Å². The van der Waals surface area contributed by atoms with Crippen LogP contribution in [0.15, 0.2) is 24.3 Å². The van der Waals surface area contributed by atoms with Crippen LogP contribution in [-0.2, 0) is 15.1 Å². The minimum absolute atomic E-state index is 0.101. The van der Waals surface area contributed by atoms with Crippen LogP contribution in [0.2, 0.25) is 0 Å². The molecule has 4 amide bonds. The minimum atomic E-state index is -0.549. The highest BCUT2D eigenvalue weighted by Gasteiger charge is 2.38. The summed E-state index contributed by atoms with van der Waals surface area (Å²) in [7, 11) is 0. The summed E-state index contributed by atoms with van der Waals surface area (Å²) in [5, 5.41) is 5.14. The van der Waals surface area contributed by atoms with Gasteiger partial charge in [-0.1, -0.05) is 25.0 Å². The Bertz CT molecular complexity index is 638. The molecule has 1 heterocycles. The minimum Gasteiger partial charge on any atom is -0.345 e. The van der Waals surface area contributed by atoms with Crippen LogP contribution >= 0.6 is 0 Å². The Morgan fingerprint density at radius 1 is 1.22 bits per heavy atom. The lowest BCUT2D eigenvalue weighted by Crippen LogP contribution is -2.48. The molecule has 6 nitrogen and oxygen atoms in total. The third-order valence-electron chi connectivity index (χ3n) is 4.44. The van der Waals surface area contributed by atoms with Crippen molar-refractivity contribution in [2.75, 3.05) is 13.1 Å². The van der Waals surface area contributed by atoms with E-state index in [1.165, 1.54) is 17.0 Å². The Balaban J connectivity index is 1.72. The predicted molar refractivity (Wildman–Crippen MR) is 79.8 cm³/mol. The Kier molecular flexibility index (Phi) is 4.02. The molecule has 1 aromatic rings. The molecular weight excluding hydrogens is 301 g/mol. The van der Waals surface area contributed by atoms with Crippen LogP contribution in [0.4, 0.5) is 9.18 Å². The van der Waals surface area contributed by atoms with Gasteiger partial charge >= 0.3 is 6.03 Å². The third kappa shape index (κ3) is 3.18. The molecule has 2 fully saturated rings. The zero-order valence-corrected chi connectivity index (χ0v) is 12.6. The van der Waals surface area contributed by atoms with E-state index in [0.717, 1.165) is 31.2 Å². The Labute approximate surface area is 133 Å². The molecule has 1 saturated carbocycles. The zero-order chi connectivity index (χ0) is 16.4. The Hall–Kier alpha value is -2.44. The maximum atomic E-state index is 13.1. The molecular formula is C16H18FN3O3. The molecule has 0 radical (unpaired) electrons. The summed E-state index contributed by atoms with van der Waals surface area (Å²) in [6, 6.07) is 5.59. The highest BCUT2D eigenvalue weighted by atomic mass is 19.1. The number of carbonyl (C=O) groups excluding carboxylic acids is 3. The Morgan fingerprint density at radius 2 is 1.87 bits per heavy atom. The normalized spacial score (nSPS) is 19.8. The van der Waals surface area contributed by atoms with Crippen LogP contribution < -0.4 is 10.6 Å². The summed E-state index contributed by atoms with van der Waals surface area (Å²) in [6.45, 7) is -0.268. The molecule has 0 atom stereocenters. The second kappa shape index (κ2) is 5.98. The van der Waals surface area contributed by atoms with Gasteiger partial charge in [0.2, 0.25) is 11.8 Å². The molecule has 3 rings (SSSR count). The molecule has 1 saturated heterocycles. The van der Waals surface area contributed by atoms with Gasteiger partial charge in [0.05, 0.1) is 5.54 Å². The summed E-state index contributed by atoms with van der Waals surface area (Å²) in [5.74, 6) is -1.04. The molecule has 1 aliphatic carbocycles. The average Bonchev–Trinajstić information content (AvgIpc) is 3.07. The lowest BCUT2D eigenvalue weighted by molar-refractivity contribution is -0.123. The lowest BCUT2D eigenvalue weighted by Gasteiger charge is -2.31. The van der Waals surface area contributed by atoms with Crippen molar-refractivity contribution in [1.82, 2.24) is 15.5 Å². The van der Waals surface area contributed by atoms with Crippen LogP contribution in [0.1, 0.15) is 31.2 Å². The first-order valence-electron chi connectivity index (χ1n) is 7.64. The quantitative estimate of drug-likeness (QED) is 0.820. The highest BCUT2D eigenvalue weighted by molar-refractivity contribution is 6.03. The van der Waals surface area contributed by atoms with E-state index in [-0.39, 0.29) is 24.8 Å². The lowest BCUT2D eigenvalue weighted by atomic mass is 9.88. The van der Waals surface area contributed by atoms with Crippen LogP contribution in [-0.4, -0.2) is 35.8 Å². The van der Waals surface area contributed by atoms with Gasteiger partial charge in [0.25, 0.3) is 0 Å². The SMILES string of the molecule is O=C1CN(CC(=O)NC2(c3ccc(F)cc3)CCCC2)C(=O)N1. The number of benzene rings is 1. The number of urea groups is 1. The van der Waals surface area contributed by atoms with Gasteiger partial charge in [-0.05, 0) is 30.5 Å². The van der Waals surface area contributed by atoms with Gasteiger partial charge in [-0.2, -0.15) is 0 Å². The van der Waals surface area contributed by atoms with Gasteiger partial charge in [0.15, 0.2) is 0 Å². The van der Waals surface area contributed by atoms with Crippen molar-refractivity contribution < 1.29 is 18.8 Å². The number of amides is 4. The van der Waals surface area contributed by atoms with Gasteiger partial charge in [0.1, 0.15) is 18.9 Å². The average molecular weight is 319 g/mol. The predicted octanol–water partition coefficient (Wildman–Crippen LogP) is 1.26. The fraction of sp³-hybridized carbons (Fsp3) is 0.438. The van der Waals surface area contributed by atoms with E-state index in [9.17, 15) is 18.8 Å². The Morgan fingerprint density at radius 3 is 2.43 bits per heavy atom. The largest absolute Gasteiger partial charge is 0.345 e. The van der Waals surface area contributed by atoms with Crippen molar-refractivity contribution in [3.63, 3.8) is 0 Å². The summed E-state index contributed by atoms with van der Waals surface area (Å²) < 4.78 is 13.1. The van der Waals surface area contributed by atoms with Gasteiger partial charge in [-0.3, -0.25) is 14.9 Å². The fourth-order valence-corrected chi connectivity index (χ4v) is 3.32.